The lowest BCUT2D eigenvalue weighted by Gasteiger charge is -2.32. The van der Waals surface area contributed by atoms with E-state index in [0.717, 1.165) is 89.2 Å². The van der Waals surface area contributed by atoms with Crippen LogP contribution in [0.4, 0.5) is 17.1 Å². The van der Waals surface area contributed by atoms with Gasteiger partial charge in [0.1, 0.15) is 22.8 Å². The van der Waals surface area contributed by atoms with Gasteiger partial charge in [-0.15, -0.1) is 0 Å². The minimum absolute atomic E-state index is 0.0140. The van der Waals surface area contributed by atoms with Crippen molar-refractivity contribution in [1.82, 2.24) is 0 Å². The molecule has 0 N–H and O–H groups in total. The second-order valence-electron chi connectivity index (χ2n) is 12.1. The topological polar surface area (TPSA) is 34.8 Å². The van der Waals surface area contributed by atoms with E-state index in [4.69, 9.17) is 13.9 Å². The van der Waals surface area contributed by atoms with Crippen molar-refractivity contribution in [2.24, 2.45) is 0 Å². The maximum atomic E-state index is 6.91. The second-order valence-corrected chi connectivity index (χ2v) is 12.1. The molecular weight excluding hydrogens is 565 g/mol. The zero-order chi connectivity index (χ0) is 30.4. The molecule has 0 radical (unpaired) electrons. The number of nitrogens with zero attached hydrogens (tertiary/aromatic N) is 1. The summed E-state index contributed by atoms with van der Waals surface area (Å²) in [4.78, 5) is 2.31. The molecule has 0 amide bonds. The molecule has 0 saturated carbocycles. The Hall–Kier alpha value is -5.94. The number of anilines is 3. The lowest BCUT2D eigenvalue weighted by molar-refractivity contribution is 0.462. The number of furan rings is 1. The van der Waals surface area contributed by atoms with E-state index in [9.17, 15) is 0 Å². The van der Waals surface area contributed by atoms with Crippen LogP contribution in [-0.4, -0.2) is 6.71 Å². The van der Waals surface area contributed by atoms with Crippen molar-refractivity contribution in [2.45, 2.75) is 6.92 Å². The highest BCUT2D eigenvalue weighted by molar-refractivity contribution is 6.98. The molecule has 2 aliphatic rings. The van der Waals surface area contributed by atoms with Gasteiger partial charge < -0.3 is 18.8 Å². The third kappa shape index (κ3) is 3.57. The molecule has 5 heteroatoms. The third-order valence-corrected chi connectivity index (χ3v) is 9.43. The fraction of sp³-hybridized carbons (Fsp3) is 0.0244. The van der Waals surface area contributed by atoms with E-state index in [1.54, 1.807) is 0 Å². The summed E-state index contributed by atoms with van der Waals surface area (Å²) in [5, 5.41) is 4.26. The second kappa shape index (κ2) is 9.53. The van der Waals surface area contributed by atoms with Gasteiger partial charge in [0.25, 0.3) is 6.71 Å². The molecule has 3 heterocycles. The van der Waals surface area contributed by atoms with E-state index in [-0.39, 0.29) is 6.71 Å². The molecule has 8 aromatic rings. The van der Waals surface area contributed by atoms with Crippen molar-refractivity contribution in [3.8, 4) is 23.0 Å². The molecule has 216 valence electrons. The number of fused-ring (bicyclic) bond motifs is 10. The van der Waals surface area contributed by atoms with Gasteiger partial charge in [-0.3, -0.25) is 0 Å². The van der Waals surface area contributed by atoms with Gasteiger partial charge in [0.15, 0.2) is 11.3 Å². The first kappa shape index (κ1) is 25.4. The van der Waals surface area contributed by atoms with E-state index < -0.39 is 0 Å². The van der Waals surface area contributed by atoms with Crippen LogP contribution < -0.4 is 30.8 Å². The number of ether oxygens (including phenoxy) is 2. The molecule has 0 saturated heterocycles. The Bertz CT molecular complexity index is 2490. The molecule has 0 aliphatic carbocycles. The molecule has 1 aromatic heterocycles. The molecule has 10 rings (SSSR count). The zero-order valence-corrected chi connectivity index (χ0v) is 25.0. The van der Waals surface area contributed by atoms with Gasteiger partial charge in [-0.05, 0) is 65.7 Å². The largest absolute Gasteiger partial charge is 0.458 e. The van der Waals surface area contributed by atoms with E-state index in [1.807, 2.05) is 18.2 Å². The monoisotopic (exact) mass is 591 g/mol. The Labute approximate surface area is 266 Å². The first-order valence-corrected chi connectivity index (χ1v) is 15.6. The Morgan fingerprint density at radius 1 is 0.543 bits per heavy atom. The summed E-state index contributed by atoms with van der Waals surface area (Å²) in [5.74, 6) is 3.25. The van der Waals surface area contributed by atoms with Crippen LogP contribution in [0.2, 0.25) is 0 Å². The number of hydrogen-bond donors (Lipinski definition) is 0. The predicted octanol–water partition coefficient (Wildman–Crippen LogP) is 9.25. The minimum atomic E-state index is -0.0140. The minimum Gasteiger partial charge on any atom is -0.458 e. The van der Waals surface area contributed by atoms with Crippen LogP contribution in [0.15, 0.2) is 144 Å². The van der Waals surface area contributed by atoms with Crippen LogP contribution in [0.5, 0.6) is 23.0 Å². The molecule has 46 heavy (non-hydrogen) atoms. The highest BCUT2D eigenvalue weighted by atomic mass is 16.5. The van der Waals surface area contributed by atoms with Crippen LogP contribution >= 0.6 is 0 Å². The molecule has 0 spiro atoms. The highest BCUT2D eigenvalue weighted by Gasteiger charge is 2.42. The van der Waals surface area contributed by atoms with Crippen molar-refractivity contribution >= 4 is 72.9 Å². The van der Waals surface area contributed by atoms with Gasteiger partial charge in [0.2, 0.25) is 0 Å². The van der Waals surface area contributed by atoms with Crippen molar-refractivity contribution in [2.75, 3.05) is 4.90 Å². The zero-order valence-electron chi connectivity index (χ0n) is 25.0. The SMILES string of the molecule is Cc1ccc(N(c2ccccc2)c2cc3oc4c5c6c(cc4c3c3ccccc23)Oc2ccccc2B6c2ccccc2O5)cc1. The fourth-order valence-electron chi connectivity index (χ4n) is 7.39. The van der Waals surface area contributed by atoms with Crippen molar-refractivity contribution < 1.29 is 13.9 Å². The van der Waals surface area contributed by atoms with Crippen LogP contribution in [0.25, 0.3) is 32.7 Å². The number of benzene rings is 7. The molecule has 0 atom stereocenters. The smallest absolute Gasteiger partial charge is 0.260 e. The number of rotatable bonds is 3. The van der Waals surface area contributed by atoms with Gasteiger partial charge >= 0.3 is 0 Å². The molecule has 7 aromatic carbocycles. The molecule has 0 unspecified atom stereocenters. The average Bonchev–Trinajstić information content (AvgIpc) is 3.48. The van der Waals surface area contributed by atoms with E-state index >= 15 is 0 Å². The quantitative estimate of drug-likeness (QED) is 0.192. The lowest BCUT2D eigenvalue weighted by Crippen LogP contribution is -2.57. The fourth-order valence-corrected chi connectivity index (χ4v) is 7.39. The van der Waals surface area contributed by atoms with Crippen molar-refractivity contribution in [3.63, 3.8) is 0 Å². The van der Waals surface area contributed by atoms with E-state index in [0.29, 0.717) is 0 Å². The number of para-hydroxylation sites is 3. The Morgan fingerprint density at radius 3 is 1.93 bits per heavy atom. The van der Waals surface area contributed by atoms with Crippen molar-refractivity contribution in [3.05, 3.63) is 145 Å². The highest BCUT2D eigenvalue weighted by Crippen LogP contribution is 2.48. The van der Waals surface area contributed by atoms with Crippen LogP contribution in [0.3, 0.4) is 0 Å². The van der Waals surface area contributed by atoms with Gasteiger partial charge in [-0.25, -0.2) is 0 Å². The van der Waals surface area contributed by atoms with Gasteiger partial charge in [-0.1, -0.05) is 96.6 Å². The molecule has 0 bridgehead atoms. The Morgan fingerprint density at radius 2 is 1.17 bits per heavy atom. The predicted molar refractivity (Wildman–Crippen MR) is 188 cm³/mol. The average molecular weight is 591 g/mol. The first-order valence-electron chi connectivity index (χ1n) is 15.6. The first-order chi connectivity index (χ1) is 22.7. The van der Waals surface area contributed by atoms with Crippen LogP contribution in [-0.2, 0) is 0 Å². The molecular formula is C41H26BNO3. The van der Waals surface area contributed by atoms with E-state index in [2.05, 4.69) is 133 Å². The summed E-state index contributed by atoms with van der Waals surface area (Å²) in [7, 11) is 0. The Balaban J connectivity index is 1.29. The number of aryl methyl sites for hydroxylation is 1. The van der Waals surface area contributed by atoms with Gasteiger partial charge in [0, 0.05) is 39.1 Å². The summed E-state index contributed by atoms with van der Waals surface area (Å²) in [5.41, 5.74) is 9.23. The maximum absolute atomic E-state index is 6.91. The summed E-state index contributed by atoms with van der Waals surface area (Å²) in [6.45, 7) is 2.10. The number of hydrogen-bond acceptors (Lipinski definition) is 4. The summed E-state index contributed by atoms with van der Waals surface area (Å²) >= 11 is 0. The lowest BCUT2D eigenvalue weighted by atomic mass is 9.35. The van der Waals surface area contributed by atoms with E-state index in [1.165, 1.54) is 5.56 Å². The van der Waals surface area contributed by atoms with Crippen LogP contribution in [0.1, 0.15) is 5.56 Å². The standard InChI is InChI=1S/C41H26BNO3/c1-25-19-21-27(22-20-25)43(26-11-3-2-4-12-26)33-24-36-38(29-14-6-5-13-28(29)33)30-23-37-39-41(40(30)46-36)45-35-18-10-8-16-32(35)42(39)31-15-7-9-17-34(31)44-37/h2-24H,1H3. The summed E-state index contributed by atoms with van der Waals surface area (Å²) < 4.78 is 20.3. The summed E-state index contributed by atoms with van der Waals surface area (Å²) in [6.07, 6.45) is 0. The van der Waals surface area contributed by atoms with Crippen LogP contribution in [0, 0.1) is 6.92 Å². The summed E-state index contributed by atoms with van der Waals surface area (Å²) in [6, 6.07) is 48.7. The molecule has 4 nitrogen and oxygen atoms in total. The van der Waals surface area contributed by atoms with Gasteiger partial charge in [-0.2, -0.15) is 0 Å². The molecule has 2 aliphatic heterocycles. The molecule has 0 fully saturated rings. The third-order valence-electron chi connectivity index (χ3n) is 9.43. The normalized spacial score (nSPS) is 12.8. The van der Waals surface area contributed by atoms with Crippen molar-refractivity contribution in [1.29, 1.82) is 0 Å². The van der Waals surface area contributed by atoms with Gasteiger partial charge in [0.05, 0.1) is 5.69 Å². The Kier molecular flexibility index (Phi) is 5.26. The maximum Gasteiger partial charge on any atom is 0.260 e.